The van der Waals surface area contributed by atoms with E-state index in [9.17, 15) is 0 Å². The second kappa shape index (κ2) is 3.88. The molecule has 16 heavy (non-hydrogen) atoms. The molecule has 0 atom stereocenters. The molecular formula is C10H16N5O+. The van der Waals surface area contributed by atoms with Gasteiger partial charge in [-0.3, -0.25) is 5.73 Å². The predicted octanol–water partition coefficient (Wildman–Crippen LogP) is 0.731. The lowest BCUT2D eigenvalue weighted by molar-refractivity contribution is -0.660. The maximum atomic E-state index is 5.93. The predicted molar refractivity (Wildman–Crippen MR) is 62.9 cm³/mol. The number of aryl methyl sites for hydroxylation is 1. The zero-order valence-electron chi connectivity index (χ0n) is 9.45. The molecule has 0 aliphatic rings. The first-order valence-electron chi connectivity index (χ1n) is 5.30. The summed E-state index contributed by atoms with van der Waals surface area (Å²) in [7, 11) is 0. The quantitative estimate of drug-likeness (QED) is 0.666. The van der Waals surface area contributed by atoms with Crippen molar-refractivity contribution < 1.29 is 9.09 Å². The molecule has 2 heterocycles. The van der Waals surface area contributed by atoms with Crippen LogP contribution in [0.5, 0.6) is 0 Å². The first-order chi connectivity index (χ1) is 7.69. The molecule has 0 saturated heterocycles. The lowest BCUT2D eigenvalue weighted by atomic mass is 10.2. The Labute approximate surface area is 93.2 Å². The Morgan fingerprint density at radius 3 is 2.81 bits per heavy atom. The van der Waals surface area contributed by atoms with E-state index in [0.717, 1.165) is 17.6 Å². The minimum absolute atomic E-state index is 0.383. The van der Waals surface area contributed by atoms with Crippen LogP contribution in [-0.4, -0.2) is 11.7 Å². The summed E-state index contributed by atoms with van der Waals surface area (Å²) < 4.78 is 7.04. The number of hydrogen-bond donors (Lipinski definition) is 3. The Kier molecular flexibility index (Phi) is 2.55. The molecule has 0 aliphatic carbocycles. The lowest BCUT2D eigenvalue weighted by Gasteiger charge is -2.06. The van der Waals surface area contributed by atoms with E-state index < -0.39 is 0 Å². The number of nitrogens with two attached hydrogens (primary N) is 2. The summed E-state index contributed by atoms with van der Waals surface area (Å²) in [6.07, 6.45) is 0. The average molecular weight is 222 g/mol. The van der Waals surface area contributed by atoms with Crippen molar-refractivity contribution in [3.63, 3.8) is 0 Å². The van der Waals surface area contributed by atoms with Crippen LogP contribution < -0.4 is 21.4 Å². The Hall–Kier alpha value is -1.98. The molecule has 0 fully saturated rings. The summed E-state index contributed by atoms with van der Waals surface area (Å²) >= 11 is 0. The highest BCUT2D eigenvalue weighted by molar-refractivity contribution is 5.95. The molecule has 0 aliphatic heterocycles. The van der Waals surface area contributed by atoms with E-state index in [1.54, 1.807) is 0 Å². The average Bonchev–Trinajstić information content (AvgIpc) is 2.62. The van der Waals surface area contributed by atoms with E-state index in [2.05, 4.69) is 10.5 Å². The highest BCUT2D eigenvalue weighted by Crippen LogP contribution is 2.27. The largest absolute Gasteiger partial charge is 0.384 e. The summed E-state index contributed by atoms with van der Waals surface area (Å²) in [4.78, 5) is 0. The maximum Gasteiger partial charge on any atom is 0.327 e. The number of pyridine rings is 1. The topological polar surface area (TPSA) is 94.0 Å². The van der Waals surface area contributed by atoms with Gasteiger partial charge in [-0.2, -0.15) is 4.57 Å². The van der Waals surface area contributed by atoms with E-state index >= 15 is 0 Å². The minimum Gasteiger partial charge on any atom is -0.384 e. The van der Waals surface area contributed by atoms with Gasteiger partial charge in [0.25, 0.3) is 5.82 Å². The molecule has 0 saturated carbocycles. The van der Waals surface area contributed by atoms with Crippen LogP contribution in [-0.2, 0) is 6.54 Å². The lowest BCUT2D eigenvalue weighted by Crippen LogP contribution is -2.36. The normalized spacial score (nSPS) is 10.9. The van der Waals surface area contributed by atoms with Gasteiger partial charge in [0.2, 0.25) is 0 Å². The Bertz CT molecular complexity index is 519. The smallest absolute Gasteiger partial charge is 0.327 e. The van der Waals surface area contributed by atoms with E-state index in [-0.39, 0.29) is 0 Å². The summed E-state index contributed by atoms with van der Waals surface area (Å²) in [5, 5.41) is 7.76. The van der Waals surface area contributed by atoms with Crippen LogP contribution in [0.2, 0.25) is 0 Å². The van der Waals surface area contributed by atoms with E-state index in [4.69, 9.17) is 16.0 Å². The molecular weight excluding hydrogens is 206 g/mol. The first kappa shape index (κ1) is 10.5. The molecule has 0 unspecified atom stereocenters. The van der Waals surface area contributed by atoms with Crippen LogP contribution in [0.25, 0.3) is 11.1 Å². The van der Waals surface area contributed by atoms with Crippen molar-refractivity contribution >= 4 is 28.4 Å². The van der Waals surface area contributed by atoms with Crippen molar-refractivity contribution in [2.24, 2.45) is 0 Å². The molecule has 6 nitrogen and oxygen atoms in total. The first-order valence-corrected chi connectivity index (χ1v) is 5.30. The molecule has 0 bridgehead atoms. The molecule has 0 spiro atoms. The number of nitrogens with zero attached hydrogens (tertiary/aromatic N) is 2. The van der Waals surface area contributed by atoms with Crippen LogP contribution in [0.15, 0.2) is 10.6 Å². The van der Waals surface area contributed by atoms with Crippen molar-refractivity contribution in [3.8, 4) is 0 Å². The molecule has 86 valence electrons. The number of nitrogen functional groups attached to an aromatic ring is 2. The zero-order chi connectivity index (χ0) is 11.7. The number of nitrogens with one attached hydrogen (secondary N) is 1. The van der Waals surface area contributed by atoms with Gasteiger partial charge in [0.1, 0.15) is 5.39 Å². The Morgan fingerprint density at radius 1 is 1.44 bits per heavy atom. The van der Waals surface area contributed by atoms with Gasteiger partial charge in [0.05, 0.1) is 18.3 Å². The molecule has 0 amide bonds. The fourth-order valence-electron chi connectivity index (χ4n) is 1.80. The molecule has 5 N–H and O–H groups in total. The molecule has 6 heteroatoms. The molecule has 2 rings (SSSR count). The third-order valence-electron chi connectivity index (χ3n) is 2.50. The number of aromatic nitrogens is 2. The molecule has 2 aromatic heterocycles. The van der Waals surface area contributed by atoms with E-state index in [1.807, 2.05) is 24.5 Å². The van der Waals surface area contributed by atoms with Gasteiger partial charge in [-0.15, -0.1) is 0 Å². The van der Waals surface area contributed by atoms with Crippen LogP contribution in [0, 0.1) is 0 Å². The van der Waals surface area contributed by atoms with Gasteiger partial charge in [0, 0.05) is 6.54 Å². The van der Waals surface area contributed by atoms with Gasteiger partial charge in [-0.05, 0) is 13.8 Å². The highest BCUT2D eigenvalue weighted by atomic mass is 16.5. The van der Waals surface area contributed by atoms with Crippen molar-refractivity contribution in [3.05, 3.63) is 6.07 Å². The van der Waals surface area contributed by atoms with Crippen LogP contribution in [0.3, 0.4) is 0 Å². The van der Waals surface area contributed by atoms with Crippen molar-refractivity contribution in [1.82, 2.24) is 5.16 Å². The zero-order valence-corrected chi connectivity index (χ0v) is 9.45. The highest BCUT2D eigenvalue weighted by Gasteiger charge is 2.20. The molecule has 2 aromatic rings. The van der Waals surface area contributed by atoms with Gasteiger partial charge in [0.15, 0.2) is 5.82 Å². The standard InChI is InChI=1S/C10H15N5O/c1-3-13-6-5-7(11)15(4-2)10-8(6)9(12)14-16-10/h5H,3-4H2,1-2H3,(H4,11,12,13,14)/p+1. The summed E-state index contributed by atoms with van der Waals surface area (Å²) in [6.45, 7) is 5.49. The number of fused-ring (bicyclic) bond motifs is 1. The van der Waals surface area contributed by atoms with Gasteiger partial charge in [-0.25, -0.2) is 0 Å². The van der Waals surface area contributed by atoms with Crippen molar-refractivity contribution in [2.75, 3.05) is 23.3 Å². The van der Waals surface area contributed by atoms with E-state index in [1.165, 1.54) is 0 Å². The van der Waals surface area contributed by atoms with Gasteiger partial charge >= 0.3 is 5.71 Å². The van der Waals surface area contributed by atoms with E-state index in [0.29, 0.717) is 23.9 Å². The van der Waals surface area contributed by atoms with Gasteiger partial charge in [-0.1, -0.05) is 5.16 Å². The van der Waals surface area contributed by atoms with Crippen LogP contribution in [0.4, 0.5) is 17.3 Å². The minimum atomic E-state index is 0.383. The monoisotopic (exact) mass is 222 g/mol. The van der Waals surface area contributed by atoms with Crippen molar-refractivity contribution in [2.45, 2.75) is 20.4 Å². The number of hydrogen-bond acceptors (Lipinski definition) is 5. The SMILES string of the molecule is CCNc1cc(N)[n+](CC)c2onc(N)c12. The summed E-state index contributed by atoms with van der Waals surface area (Å²) in [6, 6.07) is 1.85. The fraction of sp³-hybridized carbons (Fsp3) is 0.400. The second-order valence-electron chi connectivity index (χ2n) is 3.51. The third kappa shape index (κ3) is 1.42. The fourth-order valence-corrected chi connectivity index (χ4v) is 1.80. The summed E-state index contributed by atoms with van der Waals surface area (Å²) in [5.74, 6) is 1.01. The second-order valence-corrected chi connectivity index (χ2v) is 3.51. The van der Waals surface area contributed by atoms with Crippen LogP contribution >= 0.6 is 0 Å². The Morgan fingerprint density at radius 2 is 2.19 bits per heavy atom. The third-order valence-corrected chi connectivity index (χ3v) is 2.50. The van der Waals surface area contributed by atoms with Crippen molar-refractivity contribution in [1.29, 1.82) is 0 Å². The van der Waals surface area contributed by atoms with Crippen LogP contribution in [0.1, 0.15) is 13.8 Å². The molecule has 0 radical (unpaired) electrons. The molecule has 0 aromatic carbocycles. The Balaban J connectivity index is 2.77. The summed E-state index contributed by atoms with van der Waals surface area (Å²) in [5.41, 5.74) is 13.2. The number of rotatable bonds is 3. The number of anilines is 3. The van der Waals surface area contributed by atoms with Gasteiger partial charge < -0.3 is 15.6 Å². The maximum absolute atomic E-state index is 5.93.